The lowest BCUT2D eigenvalue weighted by atomic mass is 9.75. The molecule has 2 atom stereocenters. The lowest BCUT2D eigenvalue weighted by Gasteiger charge is -2.36. The van der Waals surface area contributed by atoms with Gasteiger partial charge in [-0.1, -0.05) is 27.2 Å². The first-order valence-electron chi connectivity index (χ1n) is 8.98. The van der Waals surface area contributed by atoms with E-state index in [1.165, 1.54) is 38.5 Å². The van der Waals surface area contributed by atoms with Crippen molar-refractivity contribution in [1.29, 1.82) is 0 Å². The lowest BCUT2D eigenvalue weighted by molar-refractivity contribution is -0.0290. The summed E-state index contributed by atoms with van der Waals surface area (Å²) in [6.07, 6.45) is 9.99. The van der Waals surface area contributed by atoms with Gasteiger partial charge in [-0.05, 0) is 56.3 Å². The molecule has 0 aromatic heterocycles. The Hall–Kier alpha value is -0.120. The van der Waals surface area contributed by atoms with Crippen LogP contribution in [-0.2, 0) is 4.74 Å². The average molecular weight is 297 g/mol. The zero-order valence-electron chi connectivity index (χ0n) is 14.2. The topological polar surface area (TPSA) is 41.5 Å². The highest BCUT2D eigenvalue weighted by atomic mass is 16.5. The van der Waals surface area contributed by atoms with Crippen molar-refractivity contribution >= 4 is 0 Å². The lowest BCUT2D eigenvalue weighted by Crippen LogP contribution is -2.42. The first-order valence-corrected chi connectivity index (χ1v) is 8.98. The maximum atomic E-state index is 10.1. The van der Waals surface area contributed by atoms with Crippen molar-refractivity contribution in [3.63, 3.8) is 0 Å². The maximum Gasteiger partial charge on any atom is 0.0897 e. The number of rotatable bonds is 6. The molecule has 3 nitrogen and oxygen atoms in total. The van der Waals surface area contributed by atoms with Crippen molar-refractivity contribution in [2.45, 2.75) is 90.4 Å². The number of ether oxygens (including phenoxy) is 1. The number of hydrogen-bond acceptors (Lipinski definition) is 3. The molecule has 2 N–H and O–H groups in total. The van der Waals surface area contributed by atoms with Gasteiger partial charge in [0.25, 0.3) is 0 Å². The summed E-state index contributed by atoms with van der Waals surface area (Å²) in [5, 5.41) is 13.6. The quantitative estimate of drug-likeness (QED) is 0.788. The zero-order valence-corrected chi connectivity index (χ0v) is 14.2. The van der Waals surface area contributed by atoms with Gasteiger partial charge in [-0.25, -0.2) is 0 Å². The molecule has 0 bridgehead atoms. The molecule has 21 heavy (non-hydrogen) atoms. The van der Waals surface area contributed by atoms with Crippen LogP contribution in [0, 0.1) is 11.3 Å². The third kappa shape index (κ3) is 6.25. The van der Waals surface area contributed by atoms with E-state index in [0.29, 0.717) is 30.7 Å². The molecule has 2 unspecified atom stereocenters. The molecule has 0 aromatic rings. The van der Waals surface area contributed by atoms with Crippen LogP contribution in [0.25, 0.3) is 0 Å². The summed E-state index contributed by atoms with van der Waals surface area (Å²) in [4.78, 5) is 0. The highest BCUT2D eigenvalue weighted by Crippen LogP contribution is 2.35. The number of hydrogen-bond donors (Lipinski definition) is 2. The largest absolute Gasteiger partial charge is 0.389 e. The molecule has 0 amide bonds. The van der Waals surface area contributed by atoms with Crippen molar-refractivity contribution in [2.24, 2.45) is 11.3 Å². The van der Waals surface area contributed by atoms with E-state index < -0.39 is 0 Å². The van der Waals surface area contributed by atoms with Crippen molar-refractivity contribution in [3.05, 3.63) is 0 Å². The monoisotopic (exact) mass is 297 g/mol. The fraction of sp³-hybridized carbons (Fsp3) is 1.00. The molecule has 0 heterocycles. The Morgan fingerprint density at radius 2 is 1.90 bits per heavy atom. The van der Waals surface area contributed by atoms with Gasteiger partial charge in [0.1, 0.15) is 0 Å². The van der Waals surface area contributed by atoms with Gasteiger partial charge in [0.15, 0.2) is 0 Å². The molecule has 2 aliphatic carbocycles. The predicted molar refractivity (Wildman–Crippen MR) is 87.4 cm³/mol. The van der Waals surface area contributed by atoms with E-state index in [2.05, 4.69) is 26.1 Å². The standard InChI is InChI=1S/C18H35NO2/c1-14-6-8-17(9-7-14)21-13-16(20)12-19-15-5-4-10-18(2,3)11-15/h14-17,19-20H,4-13H2,1-3H3. The van der Waals surface area contributed by atoms with Gasteiger partial charge in [0.2, 0.25) is 0 Å². The molecule has 2 aliphatic rings. The number of aliphatic hydroxyl groups excluding tert-OH is 1. The van der Waals surface area contributed by atoms with Crippen LogP contribution in [0.5, 0.6) is 0 Å². The molecule has 0 aromatic carbocycles. The molecule has 2 rings (SSSR count). The van der Waals surface area contributed by atoms with Crippen molar-refractivity contribution < 1.29 is 9.84 Å². The minimum absolute atomic E-state index is 0.366. The molecular weight excluding hydrogens is 262 g/mol. The molecule has 3 heteroatoms. The third-order valence-electron chi connectivity index (χ3n) is 5.33. The summed E-state index contributed by atoms with van der Waals surface area (Å²) in [7, 11) is 0. The molecule has 124 valence electrons. The Bertz CT molecular complexity index is 298. The van der Waals surface area contributed by atoms with Crippen LogP contribution in [0.3, 0.4) is 0 Å². The summed E-state index contributed by atoms with van der Waals surface area (Å²) in [6, 6.07) is 0.568. The zero-order chi connectivity index (χ0) is 15.3. The van der Waals surface area contributed by atoms with Crippen LogP contribution < -0.4 is 5.32 Å². The Morgan fingerprint density at radius 1 is 1.19 bits per heavy atom. The summed E-state index contributed by atoms with van der Waals surface area (Å²) in [5.74, 6) is 0.853. The minimum Gasteiger partial charge on any atom is -0.389 e. The molecule has 0 radical (unpaired) electrons. The summed E-state index contributed by atoms with van der Waals surface area (Å²) in [6.45, 7) is 8.18. The number of aliphatic hydroxyl groups is 1. The third-order valence-corrected chi connectivity index (χ3v) is 5.33. The number of nitrogens with one attached hydrogen (secondary N) is 1. The molecule has 0 spiro atoms. The van der Waals surface area contributed by atoms with Crippen LogP contribution in [0.2, 0.25) is 0 Å². The maximum absolute atomic E-state index is 10.1. The molecule has 2 saturated carbocycles. The van der Waals surface area contributed by atoms with Crippen molar-refractivity contribution in [3.8, 4) is 0 Å². The first-order chi connectivity index (χ1) is 9.94. The van der Waals surface area contributed by atoms with Gasteiger partial charge in [-0.2, -0.15) is 0 Å². The van der Waals surface area contributed by atoms with E-state index >= 15 is 0 Å². The Balaban J connectivity index is 1.58. The fourth-order valence-corrected chi connectivity index (χ4v) is 3.88. The predicted octanol–water partition coefficient (Wildman–Crippen LogP) is 3.50. The van der Waals surface area contributed by atoms with E-state index in [4.69, 9.17) is 4.74 Å². The van der Waals surface area contributed by atoms with Gasteiger partial charge in [0.05, 0.1) is 18.8 Å². The Morgan fingerprint density at radius 3 is 2.57 bits per heavy atom. The molecule has 0 aliphatic heterocycles. The highest BCUT2D eigenvalue weighted by molar-refractivity contribution is 4.83. The summed E-state index contributed by atoms with van der Waals surface area (Å²) < 4.78 is 5.88. The van der Waals surface area contributed by atoms with Gasteiger partial charge < -0.3 is 15.2 Å². The van der Waals surface area contributed by atoms with Crippen LogP contribution in [0.1, 0.15) is 72.1 Å². The van der Waals surface area contributed by atoms with Crippen LogP contribution in [-0.4, -0.2) is 36.5 Å². The van der Waals surface area contributed by atoms with Crippen LogP contribution >= 0.6 is 0 Å². The minimum atomic E-state index is -0.366. The van der Waals surface area contributed by atoms with Crippen molar-refractivity contribution in [2.75, 3.05) is 13.2 Å². The van der Waals surface area contributed by atoms with Crippen LogP contribution in [0.15, 0.2) is 0 Å². The van der Waals surface area contributed by atoms with E-state index in [-0.39, 0.29) is 6.10 Å². The second-order valence-electron chi connectivity index (χ2n) is 8.23. The van der Waals surface area contributed by atoms with Crippen LogP contribution in [0.4, 0.5) is 0 Å². The SMILES string of the molecule is CC1CCC(OCC(O)CNC2CCCC(C)(C)C2)CC1. The fourth-order valence-electron chi connectivity index (χ4n) is 3.88. The van der Waals surface area contributed by atoms with E-state index in [0.717, 1.165) is 18.8 Å². The van der Waals surface area contributed by atoms with Gasteiger partial charge >= 0.3 is 0 Å². The van der Waals surface area contributed by atoms with E-state index in [1.54, 1.807) is 0 Å². The van der Waals surface area contributed by atoms with E-state index in [9.17, 15) is 5.11 Å². The van der Waals surface area contributed by atoms with Gasteiger partial charge in [-0.15, -0.1) is 0 Å². The second kappa shape index (κ2) is 7.94. The van der Waals surface area contributed by atoms with E-state index in [1.807, 2.05) is 0 Å². The highest BCUT2D eigenvalue weighted by Gasteiger charge is 2.28. The normalized spacial score (nSPS) is 34.6. The van der Waals surface area contributed by atoms with Gasteiger partial charge in [-0.3, -0.25) is 0 Å². The summed E-state index contributed by atoms with van der Waals surface area (Å²) >= 11 is 0. The Labute approximate surface area is 130 Å². The van der Waals surface area contributed by atoms with Gasteiger partial charge in [0, 0.05) is 12.6 Å². The molecule has 2 fully saturated rings. The smallest absolute Gasteiger partial charge is 0.0897 e. The molecular formula is C18H35NO2. The Kier molecular flexibility index (Phi) is 6.51. The first kappa shape index (κ1) is 17.2. The van der Waals surface area contributed by atoms with Crippen molar-refractivity contribution in [1.82, 2.24) is 5.32 Å². The summed E-state index contributed by atoms with van der Waals surface area (Å²) in [5.41, 5.74) is 0.455. The average Bonchev–Trinajstić information content (AvgIpc) is 2.43. The second-order valence-corrected chi connectivity index (χ2v) is 8.23. The molecule has 0 saturated heterocycles.